The maximum Gasteiger partial charge on any atom is 0.256 e. The van der Waals surface area contributed by atoms with Gasteiger partial charge in [-0.05, 0) is 25.1 Å². The number of halogens is 1. The Morgan fingerprint density at radius 2 is 2.29 bits per heavy atom. The first-order valence-electron chi connectivity index (χ1n) is 5.31. The smallest absolute Gasteiger partial charge is 0.256 e. The van der Waals surface area contributed by atoms with Crippen LogP contribution in [-0.4, -0.2) is 23.9 Å². The molecule has 0 saturated heterocycles. The Morgan fingerprint density at radius 1 is 1.59 bits per heavy atom. The van der Waals surface area contributed by atoms with Crippen LogP contribution in [0.15, 0.2) is 18.2 Å². The summed E-state index contributed by atoms with van der Waals surface area (Å²) in [5, 5.41) is 8.48. The molecule has 0 saturated carbocycles. The Labute approximate surface area is 99.4 Å². The number of nitriles is 1. The molecule has 5 heteroatoms. The molecule has 0 aromatic heterocycles. The number of hydrogen-bond donors (Lipinski definition) is 1. The van der Waals surface area contributed by atoms with E-state index in [4.69, 9.17) is 11.0 Å². The van der Waals surface area contributed by atoms with Crippen molar-refractivity contribution in [3.05, 3.63) is 29.6 Å². The van der Waals surface area contributed by atoms with Crippen molar-refractivity contribution in [2.75, 3.05) is 18.8 Å². The summed E-state index contributed by atoms with van der Waals surface area (Å²) in [4.78, 5) is 13.4. The number of hydrogen-bond acceptors (Lipinski definition) is 3. The molecule has 90 valence electrons. The van der Waals surface area contributed by atoms with Crippen LogP contribution in [0.3, 0.4) is 0 Å². The molecule has 0 aliphatic rings. The van der Waals surface area contributed by atoms with Crippen molar-refractivity contribution < 1.29 is 9.18 Å². The maximum absolute atomic E-state index is 13.5. The SMILES string of the molecule is CCN(CCC#N)C(=O)c1ccc(N)cc1F. The molecule has 0 heterocycles. The molecular weight excluding hydrogens is 221 g/mol. The van der Waals surface area contributed by atoms with Gasteiger partial charge in [-0.3, -0.25) is 4.79 Å². The molecule has 2 N–H and O–H groups in total. The van der Waals surface area contributed by atoms with Crippen LogP contribution in [0.25, 0.3) is 0 Å². The van der Waals surface area contributed by atoms with E-state index in [-0.39, 0.29) is 17.7 Å². The lowest BCUT2D eigenvalue weighted by atomic mass is 10.1. The van der Waals surface area contributed by atoms with E-state index < -0.39 is 11.7 Å². The number of nitrogen functional groups attached to an aromatic ring is 1. The van der Waals surface area contributed by atoms with Crippen LogP contribution in [-0.2, 0) is 0 Å². The van der Waals surface area contributed by atoms with Gasteiger partial charge in [0.2, 0.25) is 0 Å². The minimum Gasteiger partial charge on any atom is -0.399 e. The normalized spacial score (nSPS) is 9.71. The lowest BCUT2D eigenvalue weighted by Crippen LogP contribution is -2.32. The van der Waals surface area contributed by atoms with Gasteiger partial charge in [0.05, 0.1) is 18.1 Å². The minimum absolute atomic E-state index is 0.0148. The second kappa shape index (κ2) is 5.85. The van der Waals surface area contributed by atoms with Gasteiger partial charge in [0.15, 0.2) is 0 Å². The molecule has 0 spiro atoms. The lowest BCUT2D eigenvalue weighted by molar-refractivity contribution is 0.0763. The topological polar surface area (TPSA) is 70.1 Å². The van der Waals surface area contributed by atoms with E-state index >= 15 is 0 Å². The number of anilines is 1. The van der Waals surface area contributed by atoms with Gasteiger partial charge >= 0.3 is 0 Å². The van der Waals surface area contributed by atoms with Crippen LogP contribution in [0.5, 0.6) is 0 Å². The van der Waals surface area contributed by atoms with Crippen molar-refractivity contribution in [1.82, 2.24) is 4.90 Å². The van der Waals surface area contributed by atoms with Crippen LogP contribution >= 0.6 is 0 Å². The van der Waals surface area contributed by atoms with E-state index in [0.717, 1.165) is 6.07 Å². The highest BCUT2D eigenvalue weighted by Gasteiger charge is 2.17. The summed E-state index contributed by atoms with van der Waals surface area (Å²) in [7, 11) is 0. The van der Waals surface area contributed by atoms with E-state index in [2.05, 4.69) is 0 Å². The first-order valence-corrected chi connectivity index (χ1v) is 5.31. The summed E-state index contributed by atoms with van der Waals surface area (Å²) < 4.78 is 13.5. The van der Waals surface area contributed by atoms with E-state index in [1.54, 1.807) is 6.92 Å². The summed E-state index contributed by atoms with van der Waals surface area (Å²) in [6.07, 6.45) is 0.232. The number of nitrogens with two attached hydrogens (primary N) is 1. The summed E-state index contributed by atoms with van der Waals surface area (Å²) >= 11 is 0. The number of carbonyl (C=O) groups is 1. The zero-order chi connectivity index (χ0) is 12.8. The standard InChI is InChI=1S/C12H14FN3O/c1-2-16(7-3-6-14)12(17)10-5-4-9(15)8-11(10)13/h4-5,8H,2-3,7,15H2,1H3. The van der Waals surface area contributed by atoms with Gasteiger partial charge in [0.25, 0.3) is 5.91 Å². The molecule has 0 fully saturated rings. The Balaban J connectivity index is 2.90. The quantitative estimate of drug-likeness (QED) is 0.809. The first kappa shape index (κ1) is 13.0. The Kier molecular flexibility index (Phi) is 4.46. The second-order valence-corrected chi connectivity index (χ2v) is 3.53. The Morgan fingerprint density at radius 3 is 2.82 bits per heavy atom. The predicted molar refractivity (Wildman–Crippen MR) is 62.6 cm³/mol. The number of nitrogens with zero attached hydrogens (tertiary/aromatic N) is 2. The highest BCUT2D eigenvalue weighted by Crippen LogP contribution is 2.14. The van der Waals surface area contributed by atoms with Gasteiger partial charge in [-0.1, -0.05) is 0 Å². The van der Waals surface area contributed by atoms with Gasteiger partial charge in [0, 0.05) is 18.8 Å². The van der Waals surface area contributed by atoms with Crippen LogP contribution in [0.2, 0.25) is 0 Å². The van der Waals surface area contributed by atoms with Crippen molar-refractivity contribution in [2.24, 2.45) is 0 Å². The van der Waals surface area contributed by atoms with Crippen molar-refractivity contribution in [3.63, 3.8) is 0 Å². The third kappa shape index (κ3) is 3.18. The van der Waals surface area contributed by atoms with Crippen LogP contribution in [0, 0.1) is 17.1 Å². The number of carbonyl (C=O) groups excluding carboxylic acids is 1. The molecule has 1 aromatic rings. The van der Waals surface area contributed by atoms with Crippen molar-refractivity contribution >= 4 is 11.6 Å². The van der Waals surface area contributed by atoms with Crippen LogP contribution in [0.4, 0.5) is 10.1 Å². The highest BCUT2D eigenvalue weighted by molar-refractivity contribution is 5.94. The lowest BCUT2D eigenvalue weighted by Gasteiger charge is -2.19. The van der Waals surface area contributed by atoms with Gasteiger partial charge in [-0.25, -0.2) is 4.39 Å². The summed E-state index contributed by atoms with van der Waals surface area (Å²) in [5.74, 6) is -1.05. The number of benzene rings is 1. The molecule has 0 aliphatic heterocycles. The average molecular weight is 235 g/mol. The molecule has 0 radical (unpaired) electrons. The average Bonchev–Trinajstić information content (AvgIpc) is 2.29. The molecule has 0 bridgehead atoms. The molecule has 4 nitrogen and oxygen atoms in total. The van der Waals surface area contributed by atoms with Crippen LogP contribution < -0.4 is 5.73 Å². The summed E-state index contributed by atoms with van der Waals surface area (Å²) in [5.41, 5.74) is 5.67. The molecule has 1 rings (SSSR count). The Bertz CT molecular complexity index is 454. The van der Waals surface area contributed by atoms with Crippen molar-refractivity contribution in [1.29, 1.82) is 5.26 Å². The fourth-order valence-electron chi connectivity index (χ4n) is 1.46. The van der Waals surface area contributed by atoms with E-state index in [1.165, 1.54) is 17.0 Å². The van der Waals surface area contributed by atoms with Gasteiger partial charge in [0.1, 0.15) is 5.82 Å². The zero-order valence-electron chi connectivity index (χ0n) is 9.61. The summed E-state index contributed by atoms with van der Waals surface area (Å²) in [6, 6.07) is 5.92. The van der Waals surface area contributed by atoms with Crippen molar-refractivity contribution in [3.8, 4) is 6.07 Å². The second-order valence-electron chi connectivity index (χ2n) is 3.53. The molecular formula is C12H14FN3O. The fourth-order valence-corrected chi connectivity index (χ4v) is 1.46. The van der Waals surface area contributed by atoms with Gasteiger partial charge in [-0.15, -0.1) is 0 Å². The third-order valence-corrected chi connectivity index (χ3v) is 2.39. The molecule has 1 aromatic carbocycles. The largest absolute Gasteiger partial charge is 0.399 e. The molecule has 0 unspecified atom stereocenters. The third-order valence-electron chi connectivity index (χ3n) is 2.39. The zero-order valence-corrected chi connectivity index (χ0v) is 9.61. The van der Waals surface area contributed by atoms with Gasteiger partial charge in [-0.2, -0.15) is 5.26 Å². The molecule has 1 amide bonds. The molecule has 17 heavy (non-hydrogen) atoms. The Hall–Kier alpha value is -2.09. The molecule has 0 aliphatic carbocycles. The number of rotatable bonds is 4. The predicted octanol–water partition coefficient (Wildman–Crippen LogP) is 1.78. The van der Waals surface area contributed by atoms with Gasteiger partial charge < -0.3 is 10.6 Å². The highest BCUT2D eigenvalue weighted by atomic mass is 19.1. The maximum atomic E-state index is 13.5. The van der Waals surface area contributed by atoms with E-state index in [0.29, 0.717) is 13.1 Å². The molecule has 0 atom stereocenters. The van der Waals surface area contributed by atoms with E-state index in [1.807, 2.05) is 6.07 Å². The van der Waals surface area contributed by atoms with E-state index in [9.17, 15) is 9.18 Å². The van der Waals surface area contributed by atoms with Crippen molar-refractivity contribution in [2.45, 2.75) is 13.3 Å². The van der Waals surface area contributed by atoms with Crippen LogP contribution in [0.1, 0.15) is 23.7 Å². The first-order chi connectivity index (χ1) is 8.10. The number of amides is 1. The summed E-state index contributed by atoms with van der Waals surface area (Å²) in [6.45, 7) is 2.52. The fraction of sp³-hybridized carbons (Fsp3) is 0.333. The monoisotopic (exact) mass is 235 g/mol. The minimum atomic E-state index is -0.634.